The highest BCUT2D eigenvalue weighted by atomic mass is 35.5. The highest BCUT2D eigenvalue weighted by Crippen LogP contribution is 2.26. The molecule has 0 aromatic carbocycles. The number of nitrogens with zero attached hydrogens (tertiary/aromatic N) is 1. The lowest BCUT2D eigenvalue weighted by Gasteiger charge is -2.02. The minimum Gasteiger partial charge on any atom is -0.464 e. The Morgan fingerprint density at radius 1 is 1.67 bits per heavy atom. The van der Waals surface area contributed by atoms with Gasteiger partial charge in [0.15, 0.2) is 11.5 Å². The summed E-state index contributed by atoms with van der Waals surface area (Å²) in [6.45, 7) is 0. The Morgan fingerprint density at radius 3 is 3.07 bits per heavy atom. The molecule has 0 radical (unpaired) electrons. The molecular formula is C9H6ClFN2O2. The Labute approximate surface area is 89.0 Å². The van der Waals surface area contributed by atoms with Gasteiger partial charge in [-0.25, -0.2) is 14.2 Å². The van der Waals surface area contributed by atoms with Gasteiger partial charge in [0, 0.05) is 11.6 Å². The molecule has 0 bridgehead atoms. The summed E-state index contributed by atoms with van der Waals surface area (Å²) in [7, 11) is 1.15. The number of pyridine rings is 1. The molecule has 0 atom stereocenters. The maximum absolute atomic E-state index is 13.5. The third-order valence-corrected chi connectivity index (χ3v) is 2.33. The Morgan fingerprint density at radius 2 is 2.40 bits per heavy atom. The van der Waals surface area contributed by atoms with Gasteiger partial charge in [0.25, 0.3) is 0 Å². The zero-order valence-corrected chi connectivity index (χ0v) is 8.43. The van der Waals surface area contributed by atoms with Gasteiger partial charge in [-0.15, -0.1) is 0 Å². The summed E-state index contributed by atoms with van der Waals surface area (Å²) in [6.07, 6.45) is 1.56. The second-order valence-electron chi connectivity index (χ2n) is 2.82. The van der Waals surface area contributed by atoms with Gasteiger partial charge >= 0.3 is 5.97 Å². The van der Waals surface area contributed by atoms with Gasteiger partial charge in [-0.2, -0.15) is 0 Å². The Balaban J connectivity index is 2.75. The second-order valence-corrected chi connectivity index (χ2v) is 3.20. The molecule has 2 aromatic rings. The van der Waals surface area contributed by atoms with E-state index in [1.165, 1.54) is 0 Å². The van der Waals surface area contributed by atoms with Crippen LogP contribution < -0.4 is 0 Å². The average molecular weight is 229 g/mol. The molecule has 0 saturated carbocycles. The largest absolute Gasteiger partial charge is 0.464 e. The first kappa shape index (κ1) is 9.92. The maximum Gasteiger partial charge on any atom is 0.359 e. The molecule has 2 heterocycles. The van der Waals surface area contributed by atoms with Crippen LogP contribution in [-0.4, -0.2) is 23.0 Å². The molecule has 2 aromatic heterocycles. The van der Waals surface area contributed by atoms with Gasteiger partial charge in [0.1, 0.15) is 5.65 Å². The molecule has 0 aliphatic rings. The molecule has 15 heavy (non-hydrogen) atoms. The third-order valence-electron chi connectivity index (χ3n) is 1.96. The second kappa shape index (κ2) is 3.51. The molecule has 4 nitrogen and oxygen atoms in total. The van der Waals surface area contributed by atoms with Gasteiger partial charge in [0.2, 0.25) is 0 Å². The number of halogens is 2. The molecular weight excluding hydrogens is 223 g/mol. The fourth-order valence-corrected chi connectivity index (χ4v) is 1.49. The molecule has 6 heteroatoms. The molecule has 0 amide bonds. The maximum atomic E-state index is 13.5. The van der Waals surface area contributed by atoms with E-state index in [2.05, 4.69) is 14.7 Å². The summed E-state index contributed by atoms with van der Waals surface area (Å²) in [5, 5.41) is 0.295. The lowest BCUT2D eigenvalue weighted by Crippen LogP contribution is -2.08. The van der Waals surface area contributed by atoms with E-state index in [0.29, 0.717) is 11.0 Å². The zero-order chi connectivity index (χ0) is 11.0. The van der Waals surface area contributed by atoms with Crippen molar-refractivity contribution in [2.45, 2.75) is 0 Å². The molecule has 0 saturated heterocycles. The number of aromatic amines is 1. The summed E-state index contributed by atoms with van der Waals surface area (Å²) in [6, 6.07) is 1.58. The number of hydrogen-bond donors (Lipinski definition) is 1. The molecule has 0 unspecified atom stereocenters. The van der Waals surface area contributed by atoms with Crippen LogP contribution in [-0.2, 0) is 4.74 Å². The van der Waals surface area contributed by atoms with Crippen LogP contribution in [0.2, 0.25) is 5.02 Å². The highest BCUT2D eigenvalue weighted by molar-refractivity contribution is 6.35. The third kappa shape index (κ3) is 1.45. The predicted octanol–water partition coefficient (Wildman–Crippen LogP) is 2.14. The van der Waals surface area contributed by atoms with E-state index >= 15 is 0 Å². The summed E-state index contributed by atoms with van der Waals surface area (Å²) in [4.78, 5) is 17.7. The Kier molecular flexibility index (Phi) is 2.32. The number of ether oxygens (including phenoxy) is 1. The number of rotatable bonds is 1. The predicted molar refractivity (Wildman–Crippen MR) is 52.4 cm³/mol. The van der Waals surface area contributed by atoms with Gasteiger partial charge in [-0.05, 0) is 6.07 Å². The van der Waals surface area contributed by atoms with E-state index in [0.717, 1.165) is 7.11 Å². The molecule has 2 rings (SSSR count). The highest BCUT2D eigenvalue weighted by Gasteiger charge is 2.20. The number of carbonyl (C=O) groups is 1. The van der Waals surface area contributed by atoms with Crippen molar-refractivity contribution in [1.82, 2.24) is 9.97 Å². The topological polar surface area (TPSA) is 55.0 Å². The quantitative estimate of drug-likeness (QED) is 0.761. The number of hydrogen-bond acceptors (Lipinski definition) is 3. The smallest absolute Gasteiger partial charge is 0.359 e. The Hall–Kier alpha value is -1.62. The van der Waals surface area contributed by atoms with E-state index in [1.807, 2.05) is 0 Å². The van der Waals surface area contributed by atoms with Crippen molar-refractivity contribution in [1.29, 1.82) is 0 Å². The number of H-pyrrole nitrogens is 1. The molecule has 0 fully saturated rings. The van der Waals surface area contributed by atoms with Crippen molar-refractivity contribution in [3.63, 3.8) is 0 Å². The summed E-state index contributed by atoms with van der Waals surface area (Å²) in [5.74, 6) is -1.72. The summed E-state index contributed by atoms with van der Waals surface area (Å²) < 4.78 is 17.9. The minimum absolute atomic E-state index is 0.137. The number of methoxy groups -OCH3 is 1. The molecule has 1 N–H and O–H groups in total. The van der Waals surface area contributed by atoms with E-state index in [9.17, 15) is 9.18 Å². The minimum atomic E-state index is -0.865. The van der Waals surface area contributed by atoms with Gasteiger partial charge in [-0.3, -0.25) is 0 Å². The molecule has 0 aliphatic heterocycles. The number of aromatic nitrogens is 2. The fourth-order valence-electron chi connectivity index (χ4n) is 1.25. The van der Waals surface area contributed by atoms with E-state index in [1.54, 1.807) is 12.3 Å². The van der Waals surface area contributed by atoms with Crippen LogP contribution in [0.15, 0.2) is 12.3 Å². The van der Waals surface area contributed by atoms with Crippen molar-refractivity contribution in [2.75, 3.05) is 7.11 Å². The van der Waals surface area contributed by atoms with Gasteiger partial charge < -0.3 is 9.72 Å². The number of fused-ring (bicyclic) bond motifs is 1. The van der Waals surface area contributed by atoms with Crippen molar-refractivity contribution in [3.8, 4) is 0 Å². The van der Waals surface area contributed by atoms with Crippen LogP contribution in [0.5, 0.6) is 0 Å². The number of carbonyl (C=O) groups excluding carboxylic acids is 1. The van der Waals surface area contributed by atoms with Crippen LogP contribution in [0.25, 0.3) is 11.0 Å². The number of esters is 1. The summed E-state index contributed by atoms with van der Waals surface area (Å²) >= 11 is 5.73. The molecule has 78 valence electrons. The van der Waals surface area contributed by atoms with E-state index < -0.39 is 17.5 Å². The summed E-state index contributed by atoms with van der Waals surface area (Å²) in [5.41, 5.74) is -0.0701. The first-order valence-electron chi connectivity index (χ1n) is 4.05. The zero-order valence-electron chi connectivity index (χ0n) is 7.67. The first-order chi connectivity index (χ1) is 7.15. The first-order valence-corrected chi connectivity index (χ1v) is 4.43. The monoisotopic (exact) mass is 228 g/mol. The average Bonchev–Trinajstić information content (AvgIpc) is 2.70. The van der Waals surface area contributed by atoms with Gasteiger partial charge in [-0.1, -0.05) is 11.6 Å². The van der Waals surface area contributed by atoms with Crippen LogP contribution >= 0.6 is 11.6 Å². The lowest BCUT2D eigenvalue weighted by atomic mass is 10.3. The van der Waals surface area contributed by atoms with Gasteiger partial charge in [0.05, 0.1) is 12.1 Å². The van der Waals surface area contributed by atoms with Crippen LogP contribution in [0.4, 0.5) is 4.39 Å². The molecule has 0 spiro atoms. The number of nitrogens with one attached hydrogen (secondary N) is 1. The fraction of sp³-hybridized carbons (Fsp3) is 0.111. The molecule has 0 aliphatic carbocycles. The van der Waals surface area contributed by atoms with Crippen LogP contribution in [0, 0.1) is 5.82 Å². The van der Waals surface area contributed by atoms with Crippen molar-refractivity contribution >= 4 is 28.6 Å². The van der Waals surface area contributed by atoms with E-state index in [4.69, 9.17) is 11.6 Å². The SMILES string of the molecule is COC(=O)c1nc2[nH]ccc2c(Cl)c1F. The van der Waals surface area contributed by atoms with Crippen molar-refractivity contribution < 1.29 is 13.9 Å². The van der Waals surface area contributed by atoms with Crippen molar-refractivity contribution in [3.05, 3.63) is 28.8 Å². The standard InChI is InChI=1S/C9H6ClFN2O2/c1-15-9(14)7-6(11)5(10)4-2-3-12-8(4)13-7/h2-3H,1H3,(H,12,13). The van der Waals surface area contributed by atoms with Crippen LogP contribution in [0.1, 0.15) is 10.5 Å². The van der Waals surface area contributed by atoms with Crippen molar-refractivity contribution in [2.24, 2.45) is 0 Å². The lowest BCUT2D eigenvalue weighted by molar-refractivity contribution is 0.0589. The Bertz CT molecular complexity index is 538. The van der Waals surface area contributed by atoms with E-state index in [-0.39, 0.29) is 5.02 Å². The normalized spacial score (nSPS) is 10.6. The van der Waals surface area contributed by atoms with Crippen LogP contribution in [0.3, 0.4) is 0 Å².